The Morgan fingerprint density at radius 3 is 2.19 bits per heavy atom. The van der Waals surface area contributed by atoms with E-state index in [-0.39, 0.29) is 17.9 Å². The van der Waals surface area contributed by atoms with Gasteiger partial charge in [-0.2, -0.15) is 0 Å². The van der Waals surface area contributed by atoms with Crippen LogP contribution in [-0.2, 0) is 4.79 Å². The van der Waals surface area contributed by atoms with Crippen LogP contribution in [-0.4, -0.2) is 23.8 Å². The number of nitrogens with one attached hydrogen (secondary N) is 3. The number of anilines is 1. The van der Waals surface area contributed by atoms with Crippen LogP contribution >= 0.6 is 0 Å². The highest BCUT2D eigenvalue weighted by Crippen LogP contribution is 2.25. The minimum Gasteiger partial charge on any atom is -0.490 e. The maximum atomic E-state index is 12.5. The minimum atomic E-state index is -0.471. The summed E-state index contributed by atoms with van der Waals surface area (Å²) >= 11 is 0. The van der Waals surface area contributed by atoms with Crippen molar-refractivity contribution in [3.8, 4) is 5.75 Å². The lowest BCUT2D eigenvalue weighted by molar-refractivity contribution is -0.120. The van der Waals surface area contributed by atoms with Gasteiger partial charge in [0.1, 0.15) is 5.75 Å². The molecule has 1 saturated carbocycles. The lowest BCUT2D eigenvalue weighted by Gasteiger charge is -2.20. The molecule has 0 saturated heterocycles. The maximum Gasteiger partial charge on any atom is 0.273 e. The SMILES string of the molecule is CC(C)Oc1ccccc1C(=O)NNC(=O)c1ccc(NC(=O)C2CCCCC2)cc1. The van der Waals surface area contributed by atoms with E-state index in [2.05, 4.69) is 16.2 Å². The Balaban J connectivity index is 1.54. The van der Waals surface area contributed by atoms with Gasteiger partial charge in [0.15, 0.2) is 0 Å². The first-order valence-corrected chi connectivity index (χ1v) is 10.7. The van der Waals surface area contributed by atoms with Crippen LogP contribution in [0.25, 0.3) is 0 Å². The number of rotatable bonds is 6. The van der Waals surface area contributed by atoms with Gasteiger partial charge in [0.2, 0.25) is 5.91 Å². The van der Waals surface area contributed by atoms with Crippen LogP contribution in [0.1, 0.15) is 66.7 Å². The third kappa shape index (κ3) is 6.31. The summed E-state index contributed by atoms with van der Waals surface area (Å²) in [7, 11) is 0. The first kappa shape index (κ1) is 22.3. The van der Waals surface area contributed by atoms with Crippen molar-refractivity contribution in [2.45, 2.75) is 52.1 Å². The quantitative estimate of drug-likeness (QED) is 0.610. The standard InChI is InChI=1S/C24H29N3O4/c1-16(2)31-21-11-7-6-10-20(21)24(30)27-26-23(29)18-12-14-19(15-13-18)25-22(28)17-8-4-3-5-9-17/h6-7,10-17H,3-5,8-9H2,1-2H3,(H,25,28)(H,26,29)(H,27,30). The van der Waals surface area contributed by atoms with E-state index in [1.807, 2.05) is 13.8 Å². The lowest BCUT2D eigenvalue weighted by Crippen LogP contribution is -2.41. The molecule has 2 aromatic carbocycles. The number of para-hydroxylation sites is 1. The fourth-order valence-corrected chi connectivity index (χ4v) is 3.58. The van der Waals surface area contributed by atoms with Gasteiger partial charge in [0, 0.05) is 17.2 Å². The molecule has 7 heteroatoms. The molecule has 1 fully saturated rings. The molecule has 3 rings (SSSR count). The van der Waals surface area contributed by atoms with Gasteiger partial charge in [-0.3, -0.25) is 25.2 Å². The van der Waals surface area contributed by atoms with Gasteiger partial charge in [-0.1, -0.05) is 31.4 Å². The van der Waals surface area contributed by atoms with Gasteiger partial charge in [-0.05, 0) is 63.1 Å². The highest BCUT2D eigenvalue weighted by molar-refractivity contribution is 6.00. The molecule has 7 nitrogen and oxygen atoms in total. The van der Waals surface area contributed by atoms with E-state index in [0.29, 0.717) is 22.6 Å². The van der Waals surface area contributed by atoms with Gasteiger partial charge < -0.3 is 10.1 Å². The highest BCUT2D eigenvalue weighted by Gasteiger charge is 2.21. The van der Waals surface area contributed by atoms with E-state index >= 15 is 0 Å². The van der Waals surface area contributed by atoms with Crippen LogP contribution in [0.3, 0.4) is 0 Å². The van der Waals surface area contributed by atoms with Crippen molar-refractivity contribution < 1.29 is 19.1 Å². The minimum absolute atomic E-state index is 0.0337. The third-order valence-corrected chi connectivity index (χ3v) is 5.17. The summed E-state index contributed by atoms with van der Waals surface area (Å²) in [4.78, 5) is 37.2. The molecule has 0 radical (unpaired) electrons. The second kappa shape index (κ2) is 10.6. The van der Waals surface area contributed by atoms with Gasteiger partial charge in [0.25, 0.3) is 11.8 Å². The van der Waals surface area contributed by atoms with E-state index in [4.69, 9.17) is 4.74 Å². The third-order valence-electron chi connectivity index (χ3n) is 5.17. The van der Waals surface area contributed by atoms with Crippen LogP contribution in [0.5, 0.6) is 5.75 Å². The van der Waals surface area contributed by atoms with Crippen molar-refractivity contribution in [3.05, 3.63) is 59.7 Å². The van der Waals surface area contributed by atoms with Crippen molar-refractivity contribution in [1.82, 2.24) is 10.9 Å². The largest absolute Gasteiger partial charge is 0.490 e. The number of benzene rings is 2. The molecule has 0 spiro atoms. The predicted molar refractivity (Wildman–Crippen MR) is 119 cm³/mol. The zero-order chi connectivity index (χ0) is 22.2. The smallest absolute Gasteiger partial charge is 0.273 e. The normalized spacial score (nSPS) is 14.0. The van der Waals surface area contributed by atoms with E-state index in [1.165, 1.54) is 6.42 Å². The Bertz CT molecular complexity index is 919. The summed E-state index contributed by atoms with van der Waals surface area (Å²) in [6, 6.07) is 13.4. The van der Waals surface area contributed by atoms with Crippen molar-refractivity contribution in [2.75, 3.05) is 5.32 Å². The van der Waals surface area contributed by atoms with Crippen molar-refractivity contribution in [3.63, 3.8) is 0 Å². The number of hydrazine groups is 1. The molecule has 164 valence electrons. The first-order chi connectivity index (χ1) is 14.9. The molecule has 3 amide bonds. The second-order valence-corrected chi connectivity index (χ2v) is 7.97. The summed E-state index contributed by atoms with van der Waals surface area (Å²) in [5, 5.41) is 2.92. The number of hydrogen-bond acceptors (Lipinski definition) is 4. The maximum absolute atomic E-state index is 12.5. The number of ether oxygens (including phenoxy) is 1. The molecular formula is C24H29N3O4. The van der Waals surface area contributed by atoms with Gasteiger partial charge in [-0.25, -0.2) is 0 Å². The van der Waals surface area contributed by atoms with Crippen LogP contribution < -0.4 is 20.9 Å². The van der Waals surface area contributed by atoms with Crippen LogP contribution in [0, 0.1) is 5.92 Å². The average molecular weight is 424 g/mol. The second-order valence-electron chi connectivity index (χ2n) is 7.97. The molecule has 0 aromatic heterocycles. The average Bonchev–Trinajstić information content (AvgIpc) is 2.78. The van der Waals surface area contributed by atoms with E-state index in [9.17, 15) is 14.4 Å². The molecule has 1 aliphatic rings. The Morgan fingerprint density at radius 1 is 0.871 bits per heavy atom. The summed E-state index contributed by atoms with van der Waals surface area (Å²) in [5.41, 5.74) is 6.16. The monoisotopic (exact) mass is 423 g/mol. The number of carbonyl (C=O) groups is 3. The van der Waals surface area contributed by atoms with Gasteiger partial charge in [0.05, 0.1) is 11.7 Å². The highest BCUT2D eigenvalue weighted by atomic mass is 16.5. The Kier molecular flexibility index (Phi) is 7.65. The Labute approximate surface area is 182 Å². The summed E-state index contributed by atoms with van der Waals surface area (Å²) in [6.07, 6.45) is 5.16. The first-order valence-electron chi connectivity index (χ1n) is 10.7. The number of amides is 3. The topological polar surface area (TPSA) is 96.5 Å². The van der Waals surface area contributed by atoms with Gasteiger partial charge in [-0.15, -0.1) is 0 Å². The zero-order valence-electron chi connectivity index (χ0n) is 17.9. The summed E-state index contributed by atoms with van der Waals surface area (Å²) in [5.74, 6) is -0.384. The van der Waals surface area contributed by atoms with Crippen LogP contribution in [0.15, 0.2) is 48.5 Å². The lowest BCUT2D eigenvalue weighted by atomic mass is 9.88. The fraction of sp³-hybridized carbons (Fsp3) is 0.375. The van der Waals surface area contributed by atoms with E-state index in [0.717, 1.165) is 25.7 Å². The molecular weight excluding hydrogens is 394 g/mol. The Morgan fingerprint density at radius 2 is 1.52 bits per heavy atom. The van der Waals surface area contributed by atoms with Crippen molar-refractivity contribution >= 4 is 23.4 Å². The number of hydrogen-bond donors (Lipinski definition) is 3. The van der Waals surface area contributed by atoms with Gasteiger partial charge >= 0.3 is 0 Å². The molecule has 0 unspecified atom stereocenters. The molecule has 2 aromatic rings. The molecule has 0 aliphatic heterocycles. The fourth-order valence-electron chi connectivity index (χ4n) is 3.58. The van der Waals surface area contributed by atoms with Crippen LogP contribution in [0.4, 0.5) is 5.69 Å². The van der Waals surface area contributed by atoms with Crippen molar-refractivity contribution in [1.29, 1.82) is 0 Å². The summed E-state index contributed by atoms with van der Waals surface area (Å²) < 4.78 is 5.64. The summed E-state index contributed by atoms with van der Waals surface area (Å²) in [6.45, 7) is 3.75. The number of carbonyl (C=O) groups excluding carboxylic acids is 3. The molecule has 0 atom stereocenters. The zero-order valence-corrected chi connectivity index (χ0v) is 17.9. The van der Waals surface area contributed by atoms with Crippen LogP contribution in [0.2, 0.25) is 0 Å². The predicted octanol–water partition coefficient (Wildman–Crippen LogP) is 4.07. The van der Waals surface area contributed by atoms with Crippen molar-refractivity contribution in [2.24, 2.45) is 5.92 Å². The molecule has 1 aliphatic carbocycles. The molecule has 0 bridgehead atoms. The van der Waals surface area contributed by atoms with E-state index < -0.39 is 11.8 Å². The Hall–Kier alpha value is -3.35. The molecule has 31 heavy (non-hydrogen) atoms. The molecule has 0 heterocycles. The van der Waals surface area contributed by atoms with E-state index in [1.54, 1.807) is 48.5 Å². The molecule has 3 N–H and O–H groups in total.